The van der Waals surface area contributed by atoms with Gasteiger partial charge in [0, 0.05) is 37.1 Å². The number of rotatable bonds is 21. The van der Waals surface area contributed by atoms with Crippen molar-refractivity contribution in [1.29, 1.82) is 0 Å². The number of fused-ring (bicyclic) bond motifs is 1. The molecule has 0 bridgehead atoms. The van der Waals surface area contributed by atoms with E-state index in [1.54, 1.807) is 6.92 Å². The lowest BCUT2D eigenvalue weighted by molar-refractivity contribution is -0.137. The number of aliphatic hydroxyl groups is 5. The number of aliphatic hydroxyl groups excluding tert-OH is 5. The van der Waals surface area contributed by atoms with Gasteiger partial charge < -0.3 is 36.0 Å². The second-order valence-electron chi connectivity index (χ2n) is 13.1. The smallest absolute Gasteiger partial charge is 0.303 e. The predicted octanol–water partition coefficient (Wildman–Crippen LogP) is 5.36. The molecule has 0 radical (unpaired) electrons. The van der Waals surface area contributed by atoms with Crippen LogP contribution in [0, 0.1) is 11.8 Å². The molecule has 1 aromatic rings. The molecule has 7 N–H and O–H groups in total. The molecule has 0 fully saturated rings. The normalized spacial score (nSPS) is 19.3. The number of aryl methyl sites for hydroxylation is 2. The van der Waals surface area contributed by atoms with Crippen molar-refractivity contribution >= 4 is 5.97 Å². The van der Waals surface area contributed by atoms with Gasteiger partial charge in [-0.15, -0.1) is 0 Å². The first-order valence-corrected chi connectivity index (χ1v) is 17.9. The molecule has 1 aromatic carbocycles. The number of aliphatic carboxylic acids is 1. The highest BCUT2D eigenvalue weighted by Gasteiger charge is 2.26. The van der Waals surface area contributed by atoms with Crippen molar-refractivity contribution in [2.45, 2.75) is 153 Å². The van der Waals surface area contributed by atoms with Gasteiger partial charge in [0.2, 0.25) is 0 Å². The Bertz CT molecular complexity index is 1170. The SMILES string of the molecule is CCCCCC(O)C=CC1=C(CC(O)CO)C(CCCCCCC(=O)O)NC(C(C)O)CC#Cc2c(CCCCO)cccc2CC1. The first kappa shape index (κ1) is 40.7. The molecule has 8 heteroatoms. The summed E-state index contributed by atoms with van der Waals surface area (Å²) in [4.78, 5) is 11.0. The molecule has 0 saturated carbocycles. The Hall–Kier alpha value is -2.51. The van der Waals surface area contributed by atoms with Crippen LogP contribution < -0.4 is 5.32 Å². The Morgan fingerprint density at radius 2 is 1.81 bits per heavy atom. The number of benzene rings is 1. The first-order chi connectivity index (χ1) is 22.7. The van der Waals surface area contributed by atoms with Gasteiger partial charge in [-0.1, -0.05) is 87.6 Å². The van der Waals surface area contributed by atoms with E-state index in [4.69, 9.17) is 5.11 Å². The van der Waals surface area contributed by atoms with Crippen molar-refractivity contribution in [2.75, 3.05) is 13.2 Å². The molecule has 1 heterocycles. The molecule has 0 aromatic heterocycles. The van der Waals surface area contributed by atoms with Crippen molar-refractivity contribution in [3.05, 3.63) is 58.2 Å². The van der Waals surface area contributed by atoms with Gasteiger partial charge in [0.25, 0.3) is 0 Å². The monoisotopic (exact) mass is 655 g/mol. The molecule has 0 saturated heterocycles. The minimum Gasteiger partial charge on any atom is -0.481 e. The molecular weight excluding hydrogens is 594 g/mol. The van der Waals surface area contributed by atoms with Gasteiger partial charge in [-0.2, -0.15) is 0 Å². The van der Waals surface area contributed by atoms with E-state index >= 15 is 0 Å². The number of unbranched alkanes of at least 4 members (excludes halogenated alkanes) is 6. The van der Waals surface area contributed by atoms with Crippen LogP contribution in [0.2, 0.25) is 0 Å². The third-order valence-electron chi connectivity index (χ3n) is 9.04. The zero-order chi connectivity index (χ0) is 34.4. The number of hydrogen-bond donors (Lipinski definition) is 7. The van der Waals surface area contributed by atoms with Gasteiger partial charge in [0.1, 0.15) is 0 Å². The van der Waals surface area contributed by atoms with Gasteiger partial charge in [-0.05, 0) is 87.0 Å². The van der Waals surface area contributed by atoms with E-state index in [9.17, 15) is 30.3 Å². The number of carboxylic acids is 1. The van der Waals surface area contributed by atoms with Gasteiger partial charge in [0.05, 0.1) is 24.9 Å². The summed E-state index contributed by atoms with van der Waals surface area (Å²) in [6.07, 6.45) is 13.7. The van der Waals surface area contributed by atoms with E-state index in [-0.39, 0.29) is 38.1 Å². The van der Waals surface area contributed by atoms with Crippen LogP contribution in [0.4, 0.5) is 0 Å². The average molecular weight is 656 g/mol. The molecule has 264 valence electrons. The van der Waals surface area contributed by atoms with Crippen LogP contribution >= 0.6 is 0 Å². The highest BCUT2D eigenvalue weighted by molar-refractivity contribution is 5.66. The summed E-state index contributed by atoms with van der Waals surface area (Å²) in [7, 11) is 0. The van der Waals surface area contributed by atoms with Crippen LogP contribution in [-0.2, 0) is 17.6 Å². The number of hydrogen-bond acceptors (Lipinski definition) is 7. The van der Waals surface area contributed by atoms with Crippen molar-refractivity contribution in [3.8, 4) is 11.8 Å². The predicted molar refractivity (Wildman–Crippen MR) is 188 cm³/mol. The number of carboxylic acid groups (broad SMARTS) is 1. The van der Waals surface area contributed by atoms with E-state index in [1.807, 2.05) is 12.2 Å². The minimum absolute atomic E-state index is 0.151. The summed E-state index contributed by atoms with van der Waals surface area (Å²) in [6.45, 7) is 3.66. The van der Waals surface area contributed by atoms with E-state index in [2.05, 4.69) is 42.3 Å². The summed E-state index contributed by atoms with van der Waals surface area (Å²) < 4.78 is 0. The zero-order valence-electron chi connectivity index (χ0n) is 28.8. The Morgan fingerprint density at radius 3 is 2.51 bits per heavy atom. The number of carbonyl (C=O) groups is 1. The fraction of sp³-hybridized carbons (Fsp3) is 0.667. The zero-order valence-corrected chi connectivity index (χ0v) is 28.8. The van der Waals surface area contributed by atoms with Crippen molar-refractivity contribution < 1.29 is 35.4 Å². The maximum atomic E-state index is 11.0. The molecule has 0 spiro atoms. The Kier molecular flexibility index (Phi) is 20.6. The lowest BCUT2D eigenvalue weighted by Crippen LogP contribution is -2.46. The fourth-order valence-electron chi connectivity index (χ4n) is 6.23. The van der Waals surface area contributed by atoms with E-state index < -0.39 is 24.3 Å². The second-order valence-corrected chi connectivity index (χ2v) is 13.1. The highest BCUT2D eigenvalue weighted by atomic mass is 16.4. The van der Waals surface area contributed by atoms with Crippen LogP contribution in [0.25, 0.3) is 0 Å². The van der Waals surface area contributed by atoms with E-state index in [0.29, 0.717) is 38.5 Å². The van der Waals surface area contributed by atoms with Crippen LogP contribution in [0.15, 0.2) is 41.5 Å². The van der Waals surface area contributed by atoms with Crippen LogP contribution in [-0.4, -0.2) is 80.2 Å². The molecular formula is C39H61NO7. The van der Waals surface area contributed by atoms with Crippen molar-refractivity contribution in [3.63, 3.8) is 0 Å². The van der Waals surface area contributed by atoms with Crippen molar-refractivity contribution in [2.24, 2.45) is 0 Å². The Balaban J connectivity index is 2.61. The Labute approximate surface area is 283 Å². The van der Waals surface area contributed by atoms with E-state index in [1.165, 1.54) is 0 Å². The molecule has 8 nitrogen and oxygen atoms in total. The Morgan fingerprint density at radius 1 is 1.02 bits per heavy atom. The summed E-state index contributed by atoms with van der Waals surface area (Å²) >= 11 is 0. The topological polar surface area (TPSA) is 150 Å². The molecule has 0 amide bonds. The minimum atomic E-state index is -0.967. The van der Waals surface area contributed by atoms with E-state index in [0.717, 1.165) is 85.6 Å². The lowest BCUT2D eigenvalue weighted by atomic mass is 9.86. The maximum Gasteiger partial charge on any atom is 0.303 e. The summed E-state index contributed by atoms with van der Waals surface area (Å²) in [5, 5.41) is 64.5. The largest absolute Gasteiger partial charge is 0.481 e. The highest BCUT2D eigenvalue weighted by Crippen LogP contribution is 2.28. The van der Waals surface area contributed by atoms with Crippen molar-refractivity contribution in [1.82, 2.24) is 5.32 Å². The average Bonchev–Trinajstić information content (AvgIpc) is 3.04. The van der Waals surface area contributed by atoms with Gasteiger partial charge >= 0.3 is 5.97 Å². The molecule has 47 heavy (non-hydrogen) atoms. The fourth-order valence-corrected chi connectivity index (χ4v) is 6.23. The molecule has 1 aliphatic heterocycles. The molecule has 5 unspecified atom stereocenters. The second kappa shape index (κ2) is 23.8. The lowest BCUT2D eigenvalue weighted by Gasteiger charge is -2.31. The van der Waals surface area contributed by atoms with Crippen LogP contribution in [0.1, 0.15) is 127 Å². The molecule has 5 atom stereocenters. The molecule has 0 aliphatic carbocycles. The summed E-state index contributed by atoms with van der Waals surface area (Å²) in [6, 6.07) is 5.68. The van der Waals surface area contributed by atoms with Crippen LogP contribution in [0.3, 0.4) is 0 Å². The maximum absolute atomic E-state index is 11.0. The molecule has 1 aliphatic rings. The number of nitrogens with one attached hydrogen (secondary N) is 1. The van der Waals surface area contributed by atoms with Gasteiger partial charge in [0.15, 0.2) is 0 Å². The summed E-state index contributed by atoms with van der Waals surface area (Å²) in [5.74, 6) is 6.00. The number of allylic oxidation sites excluding steroid dienone is 2. The van der Waals surface area contributed by atoms with Gasteiger partial charge in [-0.25, -0.2) is 0 Å². The third-order valence-corrected chi connectivity index (χ3v) is 9.04. The molecule has 2 rings (SSSR count). The van der Waals surface area contributed by atoms with Crippen LogP contribution in [0.5, 0.6) is 0 Å². The quantitative estimate of drug-likeness (QED) is 0.0691. The first-order valence-electron chi connectivity index (χ1n) is 17.9. The standard InChI is InChI=1S/C39H61NO7/c1-3-4-7-17-33(44)25-24-32-23-22-31-16-12-15-30(14-10-11-26-41)35(31)18-13-20-37(29(2)43)40-38(36(32)27-34(45)28-42)19-8-5-6-9-21-39(46)47/h12,15-16,24-25,29,33-34,37-38,40-45H,3-11,14,17,19-23,26-28H2,1-2H3,(H,46,47). The van der Waals surface area contributed by atoms with Gasteiger partial charge in [-0.3, -0.25) is 4.79 Å². The third kappa shape index (κ3) is 16.0. The summed E-state index contributed by atoms with van der Waals surface area (Å²) in [5.41, 5.74) is 5.20.